The van der Waals surface area contributed by atoms with Gasteiger partial charge in [-0.2, -0.15) is 0 Å². The Kier molecular flexibility index (Phi) is 6.90. The van der Waals surface area contributed by atoms with Crippen molar-refractivity contribution in [3.8, 4) is 0 Å². The molecule has 1 saturated heterocycles. The molecule has 37 heavy (non-hydrogen) atoms. The summed E-state index contributed by atoms with van der Waals surface area (Å²) in [7, 11) is 0. The maximum absolute atomic E-state index is 13.7. The fraction of sp³-hybridized carbons (Fsp3) is 0.143. The highest BCUT2D eigenvalue weighted by Gasteiger charge is 2.42. The summed E-state index contributed by atoms with van der Waals surface area (Å²) in [5.74, 6) is -1.09. The molecule has 1 fully saturated rings. The number of fused-ring (bicyclic) bond motifs is 1. The largest absolute Gasteiger partial charge is 0.324 e. The average Bonchev–Trinajstić information content (AvgIpc) is 3.29. The SMILES string of the molecule is Cc1ccc(NC(=O)CN2C(=O)C(=C3SC(=S)N(Cc4ccccc4Cl)C3=O)c3ccccc32)c(C)c1. The molecular weight excluding hydrogens is 526 g/mol. The van der Waals surface area contributed by atoms with Crippen molar-refractivity contribution < 1.29 is 14.4 Å². The fourth-order valence-electron chi connectivity index (χ4n) is 4.43. The molecule has 3 aromatic rings. The van der Waals surface area contributed by atoms with Crippen LogP contribution in [0.5, 0.6) is 0 Å². The van der Waals surface area contributed by atoms with Gasteiger partial charge in [0.2, 0.25) is 5.91 Å². The van der Waals surface area contributed by atoms with E-state index in [4.69, 9.17) is 23.8 Å². The molecule has 0 spiro atoms. The zero-order chi connectivity index (χ0) is 26.3. The Hall–Kier alpha value is -3.46. The summed E-state index contributed by atoms with van der Waals surface area (Å²) in [4.78, 5) is 43.2. The Labute approximate surface area is 229 Å². The molecule has 0 aromatic heterocycles. The number of nitrogens with one attached hydrogen (secondary N) is 1. The van der Waals surface area contributed by atoms with Crippen molar-refractivity contribution in [1.29, 1.82) is 0 Å². The number of carbonyl (C=O) groups is 3. The summed E-state index contributed by atoms with van der Waals surface area (Å²) in [6.45, 7) is 3.92. The standard InChI is InChI=1S/C28H22ClN3O3S2/c1-16-11-12-21(17(2)13-16)30-23(33)15-31-22-10-6-4-8-19(22)24(26(31)34)25-27(35)32(28(36)37-25)14-18-7-3-5-9-20(18)29/h3-13H,14-15H2,1-2H3,(H,30,33). The first kappa shape index (κ1) is 25.2. The van der Waals surface area contributed by atoms with E-state index in [-0.39, 0.29) is 35.4 Å². The third kappa shape index (κ3) is 4.80. The third-order valence-corrected chi connectivity index (χ3v) is 8.06. The van der Waals surface area contributed by atoms with Gasteiger partial charge in [-0.15, -0.1) is 0 Å². The second kappa shape index (κ2) is 10.1. The molecule has 9 heteroatoms. The van der Waals surface area contributed by atoms with E-state index in [1.807, 2.05) is 50.2 Å². The van der Waals surface area contributed by atoms with Gasteiger partial charge in [-0.1, -0.05) is 89.7 Å². The van der Waals surface area contributed by atoms with Crippen LogP contribution < -0.4 is 10.2 Å². The number of halogens is 1. The molecule has 2 aliphatic heterocycles. The van der Waals surface area contributed by atoms with Gasteiger partial charge in [-0.3, -0.25) is 24.2 Å². The highest BCUT2D eigenvalue weighted by Crippen LogP contribution is 2.45. The first-order valence-corrected chi connectivity index (χ1v) is 13.1. The van der Waals surface area contributed by atoms with Crippen LogP contribution in [0.2, 0.25) is 5.02 Å². The van der Waals surface area contributed by atoms with Gasteiger partial charge in [0.15, 0.2) is 0 Å². The molecule has 3 aromatic carbocycles. The molecule has 0 radical (unpaired) electrons. The van der Waals surface area contributed by atoms with Crippen LogP contribution in [-0.4, -0.2) is 33.5 Å². The number of carbonyl (C=O) groups excluding carboxylic acids is 3. The number of benzene rings is 3. The zero-order valence-electron chi connectivity index (χ0n) is 20.1. The predicted molar refractivity (Wildman–Crippen MR) is 152 cm³/mol. The number of hydrogen-bond acceptors (Lipinski definition) is 5. The second-order valence-corrected chi connectivity index (χ2v) is 10.9. The van der Waals surface area contributed by atoms with Crippen molar-refractivity contribution in [2.24, 2.45) is 0 Å². The molecule has 2 aliphatic rings. The number of hydrogen-bond donors (Lipinski definition) is 1. The van der Waals surface area contributed by atoms with Gasteiger partial charge in [0.05, 0.1) is 22.7 Å². The van der Waals surface area contributed by atoms with Crippen molar-refractivity contribution in [2.45, 2.75) is 20.4 Å². The lowest BCUT2D eigenvalue weighted by atomic mass is 10.1. The van der Waals surface area contributed by atoms with E-state index in [0.717, 1.165) is 28.5 Å². The molecule has 0 atom stereocenters. The van der Waals surface area contributed by atoms with Crippen molar-refractivity contribution in [2.75, 3.05) is 16.8 Å². The Morgan fingerprint density at radius 1 is 0.973 bits per heavy atom. The minimum atomic E-state index is -0.407. The Balaban J connectivity index is 1.43. The molecule has 6 nitrogen and oxygen atoms in total. The molecule has 0 saturated carbocycles. The van der Waals surface area contributed by atoms with Gasteiger partial charge in [0.25, 0.3) is 11.8 Å². The average molecular weight is 548 g/mol. The number of rotatable bonds is 5. The lowest BCUT2D eigenvalue weighted by molar-refractivity contribution is -0.122. The van der Waals surface area contributed by atoms with Crippen LogP contribution in [0.25, 0.3) is 5.57 Å². The smallest absolute Gasteiger partial charge is 0.267 e. The van der Waals surface area contributed by atoms with Gasteiger partial charge in [0, 0.05) is 16.3 Å². The lowest BCUT2D eigenvalue weighted by Gasteiger charge is -2.17. The number of aryl methyl sites for hydroxylation is 2. The van der Waals surface area contributed by atoms with Crippen LogP contribution in [0, 0.1) is 13.8 Å². The molecule has 3 amide bonds. The van der Waals surface area contributed by atoms with E-state index in [9.17, 15) is 14.4 Å². The van der Waals surface area contributed by atoms with E-state index >= 15 is 0 Å². The first-order valence-electron chi connectivity index (χ1n) is 11.5. The van der Waals surface area contributed by atoms with Gasteiger partial charge in [-0.25, -0.2) is 0 Å². The van der Waals surface area contributed by atoms with Crippen LogP contribution in [0.4, 0.5) is 11.4 Å². The molecule has 186 valence electrons. The number of thiocarbonyl (C=S) groups is 1. The summed E-state index contributed by atoms with van der Waals surface area (Å²) in [5, 5.41) is 3.43. The topological polar surface area (TPSA) is 69.7 Å². The molecule has 2 heterocycles. The maximum Gasteiger partial charge on any atom is 0.267 e. The number of amides is 3. The zero-order valence-corrected chi connectivity index (χ0v) is 22.5. The van der Waals surface area contributed by atoms with Gasteiger partial charge < -0.3 is 5.32 Å². The Morgan fingerprint density at radius 2 is 1.70 bits per heavy atom. The number of para-hydroxylation sites is 1. The fourth-order valence-corrected chi connectivity index (χ4v) is 5.95. The van der Waals surface area contributed by atoms with Crippen LogP contribution in [0.3, 0.4) is 0 Å². The lowest BCUT2D eigenvalue weighted by Crippen LogP contribution is -2.35. The normalized spacial score (nSPS) is 17.0. The monoisotopic (exact) mass is 547 g/mol. The van der Waals surface area contributed by atoms with E-state index < -0.39 is 5.91 Å². The van der Waals surface area contributed by atoms with Crippen LogP contribution in [-0.2, 0) is 20.9 Å². The van der Waals surface area contributed by atoms with Crippen LogP contribution in [0.1, 0.15) is 22.3 Å². The summed E-state index contributed by atoms with van der Waals surface area (Å²) in [6, 6.07) is 20.1. The number of anilines is 2. The minimum Gasteiger partial charge on any atom is -0.324 e. The maximum atomic E-state index is 13.7. The van der Waals surface area contributed by atoms with E-state index in [2.05, 4.69) is 5.32 Å². The van der Waals surface area contributed by atoms with Crippen LogP contribution >= 0.6 is 35.6 Å². The molecular formula is C28H22ClN3O3S2. The van der Waals surface area contributed by atoms with Crippen molar-refractivity contribution in [1.82, 2.24) is 4.90 Å². The highest BCUT2D eigenvalue weighted by atomic mass is 35.5. The Morgan fingerprint density at radius 3 is 2.46 bits per heavy atom. The van der Waals surface area contributed by atoms with Gasteiger partial charge in [0.1, 0.15) is 10.9 Å². The third-order valence-electron chi connectivity index (χ3n) is 6.24. The molecule has 0 unspecified atom stereocenters. The summed E-state index contributed by atoms with van der Waals surface area (Å²) in [6.07, 6.45) is 0. The van der Waals surface area contributed by atoms with Gasteiger partial charge >= 0.3 is 0 Å². The second-order valence-electron chi connectivity index (χ2n) is 8.83. The molecule has 0 aliphatic carbocycles. The summed E-state index contributed by atoms with van der Waals surface area (Å²) >= 11 is 12.9. The minimum absolute atomic E-state index is 0.188. The van der Waals surface area contributed by atoms with Crippen molar-refractivity contribution in [3.63, 3.8) is 0 Å². The number of nitrogens with zero attached hydrogens (tertiary/aromatic N) is 2. The quantitative estimate of drug-likeness (QED) is 0.327. The molecule has 0 bridgehead atoms. The van der Waals surface area contributed by atoms with Gasteiger partial charge in [-0.05, 0) is 43.2 Å². The van der Waals surface area contributed by atoms with Crippen molar-refractivity contribution >= 4 is 74.6 Å². The predicted octanol–water partition coefficient (Wildman–Crippen LogP) is 5.71. The first-order chi connectivity index (χ1) is 17.7. The highest BCUT2D eigenvalue weighted by molar-refractivity contribution is 8.26. The van der Waals surface area contributed by atoms with E-state index in [0.29, 0.717) is 26.3 Å². The van der Waals surface area contributed by atoms with E-state index in [1.54, 1.807) is 30.3 Å². The Bertz CT molecular complexity index is 1520. The number of thioether (sulfide) groups is 1. The van der Waals surface area contributed by atoms with Crippen LogP contribution in [0.15, 0.2) is 71.6 Å². The summed E-state index contributed by atoms with van der Waals surface area (Å²) in [5.41, 5.74) is 4.92. The molecule has 1 N–H and O–H groups in total. The molecule has 5 rings (SSSR count). The van der Waals surface area contributed by atoms with Crippen molar-refractivity contribution in [3.05, 3.63) is 98.9 Å². The summed E-state index contributed by atoms with van der Waals surface area (Å²) < 4.78 is 0.351. The van der Waals surface area contributed by atoms with E-state index in [1.165, 1.54) is 9.80 Å².